The second kappa shape index (κ2) is 7.68. The van der Waals surface area contributed by atoms with E-state index in [1.165, 1.54) is 0 Å². The highest BCUT2D eigenvalue weighted by Gasteiger charge is 2.56. The van der Waals surface area contributed by atoms with E-state index in [9.17, 15) is 13.2 Å². The van der Waals surface area contributed by atoms with E-state index < -0.39 is 15.6 Å². The molecule has 0 radical (unpaired) electrons. The number of amides is 1. The van der Waals surface area contributed by atoms with Crippen LogP contribution >= 0.6 is 0 Å². The number of methoxy groups -OCH3 is 1. The van der Waals surface area contributed by atoms with Crippen LogP contribution in [-0.2, 0) is 26.9 Å². The zero-order valence-corrected chi connectivity index (χ0v) is 18.4. The van der Waals surface area contributed by atoms with Crippen LogP contribution in [0.25, 0.3) is 0 Å². The first kappa shape index (κ1) is 20.8. The summed E-state index contributed by atoms with van der Waals surface area (Å²) in [5.74, 6) is 0.748. The highest BCUT2D eigenvalue weighted by atomic mass is 32.2. The molecule has 0 aliphatic carbocycles. The van der Waals surface area contributed by atoms with Crippen LogP contribution < -0.4 is 4.74 Å². The third-order valence-electron chi connectivity index (χ3n) is 6.10. The summed E-state index contributed by atoms with van der Waals surface area (Å²) in [6.45, 7) is 1.73. The third kappa shape index (κ3) is 3.38. The van der Waals surface area contributed by atoms with E-state index in [2.05, 4.69) is 4.90 Å². The van der Waals surface area contributed by atoms with Crippen molar-refractivity contribution in [2.75, 3.05) is 40.8 Å². The number of fused-ring (bicyclic) bond motifs is 2. The molecule has 160 valence electrons. The predicted molar refractivity (Wildman–Crippen MR) is 114 cm³/mol. The maximum absolute atomic E-state index is 13.5. The van der Waals surface area contributed by atoms with Crippen LogP contribution in [0.3, 0.4) is 0 Å². The minimum Gasteiger partial charge on any atom is -0.497 e. The van der Waals surface area contributed by atoms with Gasteiger partial charge in [-0.1, -0.05) is 30.3 Å². The molecule has 1 fully saturated rings. The number of ether oxygens (including phenoxy) is 1. The van der Waals surface area contributed by atoms with Crippen LogP contribution in [0.1, 0.15) is 17.5 Å². The van der Waals surface area contributed by atoms with E-state index in [1.807, 2.05) is 36.4 Å². The van der Waals surface area contributed by atoms with E-state index in [-0.39, 0.29) is 19.0 Å². The summed E-state index contributed by atoms with van der Waals surface area (Å²) >= 11 is 0. The standard InChI is InChI=1S/C22H27N3O4S/c1-23(2)21(26)15-24-13-12-22(16-24)19-6-4-5-7-20(19)30(27,28)25(22)14-17-8-10-18(29-3)11-9-17/h4-11H,12-16H2,1-3H3. The lowest BCUT2D eigenvalue weighted by Gasteiger charge is -2.34. The van der Waals surface area contributed by atoms with Crippen molar-refractivity contribution >= 4 is 15.9 Å². The van der Waals surface area contributed by atoms with Gasteiger partial charge in [0.15, 0.2) is 0 Å². The van der Waals surface area contributed by atoms with Gasteiger partial charge in [-0.2, -0.15) is 4.31 Å². The smallest absolute Gasteiger partial charge is 0.244 e. The van der Waals surface area contributed by atoms with Crippen molar-refractivity contribution in [3.63, 3.8) is 0 Å². The second-order valence-corrected chi connectivity index (χ2v) is 9.97. The van der Waals surface area contributed by atoms with Gasteiger partial charge in [0.1, 0.15) is 5.75 Å². The molecule has 2 heterocycles. The topological polar surface area (TPSA) is 70.2 Å². The van der Waals surface area contributed by atoms with E-state index in [1.54, 1.807) is 42.5 Å². The fourth-order valence-corrected chi connectivity index (χ4v) is 6.50. The molecule has 2 aliphatic rings. The summed E-state index contributed by atoms with van der Waals surface area (Å²) in [6.07, 6.45) is 0.653. The molecule has 7 nitrogen and oxygen atoms in total. The van der Waals surface area contributed by atoms with Crippen molar-refractivity contribution in [2.24, 2.45) is 0 Å². The highest BCUT2D eigenvalue weighted by molar-refractivity contribution is 7.89. The van der Waals surface area contributed by atoms with Crippen LogP contribution in [0.15, 0.2) is 53.4 Å². The minimum absolute atomic E-state index is 0.0166. The Labute approximate surface area is 177 Å². The van der Waals surface area contributed by atoms with E-state index in [0.29, 0.717) is 24.4 Å². The zero-order valence-electron chi connectivity index (χ0n) is 17.5. The average molecular weight is 430 g/mol. The Hall–Kier alpha value is -2.42. The molecule has 0 bridgehead atoms. The lowest BCUT2D eigenvalue weighted by Crippen LogP contribution is -2.46. The normalized spacial score (nSPS) is 22.9. The number of hydrogen-bond donors (Lipinski definition) is 0. The Kier molecular flexibility index (Phi) is 5.34. The first-order valence-corrected chi connectivity index (χ1v) is 11.4. The molecule has 1 amide bonds. The van der Waals surface area contributed by atoms with Gasteiger partial charge in [0.25, 0.3) is 0 Å². The largest absolute Gasteiger partial charge is 0.497 e. The van der Waals surface area contributed by atoms with Crippen molar-refractivity contribution in [1.29, 1.82) is 0 Å². The van der Waals surface area contributed by atoms with Crippen molar-refractivity contribution in [2.45, 2.75) is 23.4 Å². The lowest BCUT2D eigenvalue weighted by atomic mass is 9.88. The Morgan fingerprint density at radius 2 is 1.83 bits per heavy atom. The number of rotatable bonds is 5. The second-order valence-electron chi connectivity index (χ2n) is 8.14. The summed E-state index contributed by atoms with van der Waals surface area (Å²) < 4.78 is 33.9. The van der Waals surface area contributed by atoms with Gasteiger partial charge in [-0.25, -0.2) is 8.42 Å². The van der Waals surface area contributed by atoms with Crippen LogP contribution in [0, 0.1) is 0 Å². The molecular weight excluding hydrogens is 402 g/mol. The zero-order chi connectivity index (χ0) is 21.5. The summed E-state index contributed by atoms with van der Waals surface area (Å²) in [7, 11) is 1.44. The Bertz CT molecular complexity index is 1050. The molecule has 4 rings (SSSR count). The number of nitrogens with zero attached hydrogens (tertiary/aromatic N) is 3. The Morgan fingerprint density at radius 1 is 1.13 bits per heavy atom. The minimum atomic E-state index is -3.64. The van der Waals surface area contributed by atoms with Gasteiger partial charge in [0, 0.05) is 33.7 Å². The third-order valence-corrected chi connectivity index (χ3v) is 8.07. The van der Waals surface area contributed by atoms with Crippen LogP contribution in [-0.4, -0.2) is 69.3 Å². The number of sulfonamides is 1. The first-order valence-electron chi connectivity index (χ1n) is 9.96. The predicted octanol–water partition coefficient (Wildman–Crippen LogP) is 1.89. The monoisotopic (exact) mass is 429 g/mol. The van der Waals surface area contributed by atoms with E-state index in [0.717, 1.165) is 16.9 Å². The summed E-state index contributed by atoms with van der Waals surface area (Å²) in [4.78, 5) is 16.2. The molecule has 2 aliphatic heterocycles. The number of carbonyl (C=O) groups excluding carboxylic acids is 1. The Morgan fingerprint density at radius 3 is 2.50 bits per heavy atom. The molecule has 0 aromatic heterocycles. The number of likely N-dealkylation sites (tertiary alicyclic amines) is 1. The quantitative estimate of drug-likeness (QED) is 0.726. The molecule has 0 N–H and O–H groups in total. The lowest BCUT2D eigenvalue weighted by molar-refractivity contribution is -0.129. The van der Waals surface area contributed by atoms with Crippen LogP contribution in [0.2, 0.25) is 0 Å². The first-order chi connectivity index (χ1) is 14.3. The van der Waals surface area contributed by atoms with Crippen molar-refractivity contribution in [1.82, 2.24) is 14.1 Å². The molecule has 2 aromatic rings. The molecular formula is C22H27N3O4S. The van der Waals surface area contributed by atoms with E-state index >= 15 is 0 Å². The van der Waals surface area contributed by atoms with Crippen LogP contribution in [0.5, 0.6) is 5.75 Å². The summed E-state index contributed by atoms with van der Waals surface area (Å²) in [6, 6.07) is 14.7. The van der Waals surface area contributed by atoms with Crippen molar-refractivity contribution < 1.29 is 17.9 Å². The van der Waals surface area contributed by atoms with E-state index in [4.69, 9.17) is 4.74 Å². The molecule has 1 unspecified atom stereocenters. The van der Waals surface area contributed by atoms with Gasteiger partial charge >= 0.3 is 0 Å². The molecule has 30 heavy (non-hydrogen) atoms. The highest BCUT2D eigenvalue weighted by Crippen LogP contribution is 2.50. The maximum atomic E-state index is 13.5. The van der Waals surface area contributed by atoms with Gasteiger partial charge in [-0.05, 0) is 35.7 Å². The fourth-order valence-electron chi connectivity index (χ4n) is 4.45. The van der Waals surface area contributed by atoms with Gasteiger partial charge < -0.3 is 9.64 Å². The summed E-state index contributed by atoms with van der Waals surface area (Å²) in [5, 5.41) is 0. The fraction of sp³-hybridized carbons (Fsp3) is 0.409. The number of likely N-dealkylation sites (N-methyl/N-ethyl adjacent to an activating group) is 1. The van der Waals surface area contributed by atoms with Gasteiger partial charge in [0.2, 0.25) is 15.9 Å². The SMILES string of the molecule is COc1ccc(CN2C3(CCN(CC(=O)N(C)C)C3)c3ccccc3S2(=O)=O)cc1. The molecule has 1 atom stereocenters. The Balaban J connectivity index is 1.71. The number of benzene rings is 2. The number of carbonyl (C=O) groups is 1. The molecule has 0 saturated carbocycles. The van der Waals surface area contributed by atoms with Gasteiger partial charge in [-0.3, -0.25) is 9.69 Å². The van der Waals surface area contributed by atoms with Crippen LogP contribution in [0.4, 0.5) is 0 Å². The van der Waals surface area contributed by atoms with Crippen molar-refractivity contribution in [3.8, 4) is 5.75 Å². The summed E-state index contributed by atoms with van der Waals surface area (Å²) in [5.41, 5.74) is 1.06. The maximum Gasteiger partial charge on any atom is 0.244 e. The van der Waals surface area contributed by atoms with Gasteiger partial charge in [0.05, 0.1) is 24.1 Å². The number of hydrogen-bond acceptors (Lipinski definition) is 5. The molecule has 1 spiro atoms. The molecule has 1 saturated heterocycles. The average Bonchev–Trinajstić information content (AvgIpc) is 3.23. The molecule has 2 aromatic carbocycles. The molecule has 8 heteroatoms. The van der Waals surface area contributed by atoms with Gasteiger partial charge in [-0.15, -0.1) is 0 Å². The van der Waals surface area contributed by atoms with Crippen molar-refractivity contribution in [3.05, 3.63) is 59.7 Å².